The Morgan fingerprint density at radius 1 is 1.53 bits per heavy atom. The van der Waals surface area contributed by atoms with Crippen LogP contribution in [0.25, 0.3) is 0 Å². The second kappa shape index (κ2) is 8.00. The van der Waals surface area contributed by atoms with E-state index in [9.17, 15) is 0 Å². The molecule has 0 saturated carbocycles. The topological polar surface area (TPSA) is 24.5 Å². The number of morpholine rings is 1. The maximum Gasteiger partial charge on any atom is 0.0826 e. The van der Waals surface area contributed by atoms with Gasteiger partial charge in [-0.05, 0) is 24.4 Å². The zero-order valence-corrected chi connectivity index (χ0v) is 12.9. The summed E-state index contributed by atoms with van der Waals surface area (Å²) >= 11 is 1.85. The van der Waals surface area contributed by atoms with Crippen molar-refractivity contribution in [2.24, 2.45) is 0 Å². The van der Waals surface area contributed by atoms with Gasteiger partial charge < -0.3 is 10.1 Å². The van der Waals surface area contributed by atoms with E-state index in [0.717, 1.165) is 32.8 Å². The molecule has 0 amide bonds. The van der Waals surface area contributed by atoms with E-state index in [1.165, 1.54) is 17.7 Å². The lowest BCUT2D eigenvalue weighted by Crippen LogP contribution is -2.46. The Balaban J connectivity index is 1.81. The molecule has 2 heterocycles. The SMILES string of the molecule is CCCC(NCC1CN(CC)CCO1)c1cccs1. The van der Waals surface area contributed by atoms with Crippen LogP contribution in [0.5, 0.6) is 0 Å². The van der Waals surface area contributed by atoms with Crippen molar-refractivity contribution in [3.8, 4) is 0 Å². The Bertz CT molecular complexity index is 342. The van der Waals surface area contributed by atoms with E-state index in [2.05, 4.69) is 41.6 Å². The van der Waals surface area contributed by atoms with Gasteiger partial charge in [-0.3, -0.25) is 4.90 Å². The highest BCUT2D eigenvalue weighted by Crippen LogP contribution is 2.23. The Morgan fingerprint density at radius 2 is 2.42 bits per heavy atom. The highest BCUT2D eigenvalue weighted by molar-refractivity contribution is 7.10. The molecule has 19 heavy (non-hydrogen) atoms. The summed E-state index contributed by atoms with van der Waals surface area (Å²) < 4.78 is 5.86. The Morgan fingerprint density at radius 3 is 3.11 bits per heavy atom. The number of hydrogen-bond acceptors (Lipinski definition) is 4. The summed E-state index contributed by atoms with van der Waals surface area (Å²) in [5.41, 5.74) is 0. The summed E-state index contributed by atoms with van der Waals surface area (Å²) in [5, 5.41) is 5.86. The molecular weight excluding hydrogens is 256 g/mol. The first-order valence-corrected chi connectivity index (χ1v) is 8.32. The van der Waals surface area contributed by atoms with Gasteiger partial charge in [0, 0.05) is 30.6 Å². The first kappa shape index (κ1) is 15.0. The number of nitrogens with one attached hydrogen (secondary N) is 1. The smallest absolute Gasteiger partial charge is 0.0826 e. The van der Waals surface area contributed by atoms with Crippen molar-refractivity contribution < 1.29 is 4.74 Å². The molecule has 3 nitrogen and oxygen atoms in total. The van der Waals surface area contributed by atoms with E-state index in [4.69, 9.17) is 4.74 Å². The molecule has 1 saturated heterocycles. The molecule has 1 aliphatic rings. The minimum Gasteiger partial charge on any atom is -0.374 e. The molecule has 1 aromatic rings. The van der Waals surface area contributed by atoms with Crippen molar-refractivity contribution in [1.82, 2.24) is 10.2 Å². The molecule has 2 atom stereocenters. The van der Waals surface area contributed by atoms with Crippen LogP contribution < -0.4 is 5.32 Å². The number of rotatable bonds is 7. The first-order valence-electron chi connectivity index (χ1n) is 7.44. The highest BCUT2D eigenvalue weighted by Gasteiger charge is 2.20. The van der Waals surface area contributed by atoms with Gasteiger partial charge in [0.2, 0.25) is 0 Å². The molecule has 1 aliphatic heterocycles. The van der Waals surface area contributed by atoms with Gasteiger partial charge in [0.1, 0.15) is 0 Å². The first-order chi connectivity index (χ1) is 9.33. The van der Waals surface area contributed by atoms with E-state index in [0.29, 0.717) is 12.1 Å². The number of hydrogen-bond donors (Lipinski definition) is 1. The highest BCUT2D eigenvalue weighted by atomic mass is 32.1. The summed E-state index contributed by atoms with van der Waals surface area (Å²) in [6, 6.07) is 4.86. The Kier molecular flexibility index (Phi) is 6.31. The lowest BCUT2D eigenvalue weighted by Gasteiger charge is -2.33. The molecule has 2 unspecified atom stereocenters. The number of likely N-dealkylation sites (N-methyl/N-ethyl adjacent to an activating group) is 1. The van der Waals surface area contributed by atoms with Gasteiger partial charge in [0.25, 0.3) is 0 Å². The third-order valence-electron chi connectivity index (χ3n) is 3.73. The summed E-state index contributed by atoms with van der Waals surface area (Å²) in [6.07, 6.45) is 2.75. The zero-order chi connectivity index (χ0) is 13.5. The van der Waals surface area contributed by atoms with Gasteiger partial charge in [0.15, 0.2) is 0 Å². The standard InChI is InChI=1S/C15H26N2OS/c1-3-6-14(15-7-5-10-19-15)16-11-13-12-17(4-2)8-9-18-13/h5,7,10,13-14,16H,3-4,6,8-9,11-12H2,1-2H3. The largest absolute Gasteiger partial charge is 0.374 e. The lowest BCUT2D eigenvalue weighted by molar-refractivity contribution is -0.0264. The molecule has 1 aromatic heterocycles. The third kappa shape index (κ3) is 4.56. The van der Waals surface area contributed by atoms with Gasteiger partial charge in [-0.25, -0.2) is 0 Å². The monoisotopic (exact) mass is 282 g/mol. The van der Waals surface area contributed by atoms with Crippen LogP contribution >= 0.6 is 11.3 Å². The maximum absolute atomic E-state index is 5.86. The summed E-state index contributed by atoms with van der Waals surface area (Å²) in [4.78, 5) is 3.92. The number of thiophene rings is 1. The fourth-order valence-electron chi connectivity index (χ4n) is 2.59. The summed E-state index contributed by atoms with van der Waals surface area (Å²) in [5.74, 6) is 0. The summed E-state index contributed by atoms with van der Waals surface area (Å²) in [6.45, 7) is 9.57. The van der Waals surface area contributed by atoms with E-state index in [-0.39, 0.29) is 0 Å². The van der Waals surface area contributed by atoms with E-state index in [1.54, 1.807) is 0 Å². The molecular formula is C15H26N2OS. The predicted molar refractivity (Wildman–Crippen MR) is 81.8 cm³/mol. The molecule has 0 aromatic carbocycles. The Labute approximate surface area is 121 Å². The van der Waals surface area contributed by atoms with Gasteiger partial charge in [-0.15, -0.1) is 11.3 Å². The van der Waals surface area contributed by atoms with Gasteiger partial charge >= 0.3 is 0 Å². The van der Waals surface area contributed by atoms with Crippen LogP contribution in [-0.2, 0) is 4.74 Å². The van der Waals surface area contributed by atoms with Gasteiger partial charge in [-0.1, -0.05) is 26.3 Å². The van der Waals surface area contributed by atoms with Crippen LogP contribution in [0, 0.1) is 0 Å². The fraction of sp³-hybridized carbons (Fsp3) is 0.733. The fourth-order valence-corrected chi connectivity index (χ4v) is 3.42. The number of nitrogens with zero attached hydrogens (tertiary/aromatic N) is 1. The van der Waals surface area contributed by atoms with E-state index in [1.807, 2.05) is 11.3 Å². The van der Waals surface area contributed by atoms with E-state index < -0.39 is 0 Å². The molecule has 0 aliphatic carbocycles. The number of ether oxygens (including phenoxy) is 1. The van der Waals surface area contributed by atoms with Gasteiger partial charge in [-0.2, -0.15) is 0 Å². The van der Waals surface area contributed by atoms with Crippen LogP contribution in [0.2, 0.25) is 0 Å². The van der Waals surface area contributed by atoms with Crippen molar-refractivity contribution in [2.45, 2.75) is 38.8 Å². The van der Waals surface area contributed by atoms with E-state index >= 15 is 0 Å². The second-order valence-corrected chi connectivity index (χ2v) is 6.13. The molecule has 4 heteroatoms. The molecule has 0 bridgehead atoms. The maximum atomic E-state index is 5.86. The van der Waals surface area contributed by atoms with Crippen molar-refractivity contribution in [3.63, 3.8) is 0 Å². The second-order valence-electron chi connectivity index (χ2n) is 5.15. The normalized spacial score (nSPS) is 22.5. The van der Waals surface area contributed by atoms with Gasteiger partial charge in [0.05, 0.1) is 12.7 Å². The van der Waals surface area contributed by atoms with Crippen molar-refractivity contribution >= 4 is 11.3 Å². The quantitative estimate of drug-likeness (QED) is 0.832. The molecule has 1 N–H and O–H groups in total. The van der Waals surface area contributed by atoms with Crippen molar-refractivity contribution in [3.05, 3.63) is 22.4 Å². The average molecular weight is 282 g/mol. The lowest BCUT2D eigenvalue weighted by atomic mass is 10.1. The van der Waals surface area contributed by atoms with Crippen molar-refractivity contribution in [1.29, 1.82) is 0 Å². The molecule has 108 valence electrons. The van der Waals surface area contributed by atoms with Crippen LogP contribution in [-0.4, -0.2) is 43.8 Å². The molecule has 2 rings (SSSR count). The minimum absolute atomic E-state index is 0.341. The molecule has 0 radical (unpaired) electrons. The minimum atomic E-state index is 0.341. The predicted octanol–water partition coefficient (Wildman–Crippen LogP) is 2.90. The van der Waals surface area contributed by atoms with Crippen molar-refractivity contribution in [2.75, 3.05) is 32.8 Å². The van der Waals surface area contributed by atoms with Crippen LogP contribution in [0.1, 0.15) is 37.6 Å². The molecule has 0 spiro atoms. The van der Waals surface area contributed by atoms with Crippen LogP contribution in [0.15, 0.2) is 17.5 Å². The summed E-state index contributed by atoms with van der Waals surface area (Å²) in [7, 11) is 0. The van der Waals surface area contributed by atoms with Crippen LogP contribution in [0.3, 0.4) is 0 Å². The zero-order valence-electron chi connectivity index (χ0n) is 12.1. The average Bonchev–Trinajstić information content (AvgIpc) is 2.97. The molecule has 1 fully saturated rings. The Hall–Kier alpha value is -0.420. The van der Waals surface area contributed by atoms with Crippen LogP contribution in [0.4, 0.5) is 0 Å². The third-order valence-corrected chi connectivity index (χ3v) is 4.71.